The van der Waals surface area contributed by atoms with Crippen molar-refractivity contribution in [3.8, 4) is 0 Å². The van der Waals surface area contributed by atoms with Crippen LogP contribution >= 0.6 is 0 Å². The Balaban J connectivity index is 0. The van der Waals surface area contributed by atoms with E-state index in [9.17, 15) is 0 Å². The van der Waals surface area contributed by atoms with Gasteiger partial charge in [-0.05, 0) is 12.8 Å². The average Bonchev–Trinajstić information content (AvgIpc) is 2.99. The number of carboxylic acid groups (broad SMARTS) is 1. The highest BCUT2D eigenvalue weighted by Crippen LogP contribution is 2.15. The van der Waals surface area contributed by atoms with Crippen molar-refractivity contribution in [1.82, 2.24) is 4.90 Å². The monoisotopic (exact) mass is 624 g/mol. The van der Waals surface area contributed by atoms with Gasteiger partial charge in [-0.25, -0.2) is 0 Å². The van der Waals surface area contributed by atoms with Crippen LogP contribution in [0.1, 0.15) is 226 Å². The van der Waals surface area contributed by atoms with Crippen LogP contribution in [0.2, 0.25) is 0 Å². The molecular formula is C39H81N3O2. The first-order valence-electron chi connectivity index (χ1n) is 19.7. The van der Waals surface area contributed by atoms with Crippen LogP contribution in [0.25, 0.3) is 0 Å². The van der Waals surface area contributed by atoms with E-state index in [2.05, 4.69) is 18.7 Å². The van der Waals surface area contributed by atoms with E-state index in [0.29, 0.717) is 0 Å². The van der Waals surface area contributed by atoms with Gasteiger partial charge < -0.3 is 15.7 Å². The third-order valence-electron chi connectivity index (χ3n) is 8.90. The predicted molar refractivity (Wildman–Crippen MR) is 196 cm³/mol. The van der Waals surface area contributed by atoms with E-state index in [1.807, 2.05) is 0 Å². The van der Waals surface area contributed by atoms with Crippen LogP contribution in [0.5, 0.6) is 0 Å². The summed E-state index contributed by atoms with van der Waals surface area (Å²) in [5.74, 6) is -0.554. The zero-order valence-electron chi connectivity index (χ0n) is 30.4. The van der Waals surface area contributed by atoms with Gasteiger partial charge in [-0.15, -0.1) is 0 Å². The van der Waals surface area contributed by atoms with Gasteiger partial charge in [-0.3, -0.25) is 10.2 Å². The number of hydrogen-bond donors (Lipinski definition) is 3. The van der Waals surface area contributed by atoms with Crippen molar-refractivity contribution in [3.63, 3.8) is 0 Å². The molecule has 0 spiro atoms. The minimum Gasteiger partial charge on any atom is -0.481 e. The van der Waals surface area contributed by atoms with Gasteiger partial charge in [0.05, 0.1) is 0 Å². The predicted octanol–water partition coefficient (Wildman–Crippen LogP) is 12.8. The second-order valence-electron chi connectivity index (χ2n) is 13.5. The fourth-order valence-corrected chi connectivity index (χ4v) is 6.05. The SMILES string of the molecule is CC(=O)O.CCCCCCCCCCCCCCCCCCN(CCCCCCCCCCCCCCCCCC)C(=N)N. The van der Waals surface area contributed by atoms with Gasteiger partial charge in [0.2, 0.25) is 0 Å². The molecule has 0 atom stereocenters. The molecular weight excluding hydrogens is 542 g/mol. The maximum Gasteiger partial charge on any atom is 0.300 e. The number of nitrogens with one attached hydrogen (secondary N) is 1. The van der Waals surface area contributed by atoms with Gasteiger partial charge in [0, 0.05) is 20.0 Å². The Labute approximate surface area is 276 Å². The molecule has 0 rings (SSSR count). The van der Waals surface area contributed by atoms with E-state index < -0.39 is 5.97 Å². The van der Waals surface area contributed by atoms with Crippen LogP contribution in [-0.4, -0.2) is 35.0 Å². The summed E-state index contributed by atoms with van der Waals surface area (Å²) in [6.45, 7) is 7.63. The number of aliphatic carboxylic acids is 1. The summed E-state index contributed by atoms with van der Waals surface area (Å²) < 4.78 is 0. The molecule has 0 saturated carbocycles. The van der Waals surface area contributed by atoms with Gasteiger partial charge in [-0.1, -0.05) is 206 Å². The lowest BCUT2D eigenvalue weighted by molar-refractivity contribution is -0.134. The van der Waals surface area contributed by atoms with Crippen molar-refractivity contribution < 1.29 is 9.90 Å². The first-order chi connectivity index (χ1) is 21.5. The number of rotatable bonds is 34. The minimum atomic E-state index is -0.833. The summed E-state index contributed by atoms with van der Waals surface area (Å²) in [5.41, 5.74) is 5.88. The fraction of sp³-hybridized carbons (Fsp3) is 0.949. The first kappa shape index (κ1) is 44.9. The van der Waals surface area contributed by atoms with E-state index in [1.54, 1.807) is 0 Å². The van der Waals surface area contributed by atoms with Crippen LogP contribution in [0.4, 0.5) is 0 Å². The molecule has 0 aliphatic heterocycles. The van der Waals surface area contributed by atoms with Crippen molar-refractivity contribution in [2.75, 3.05) is 13.1 Å². The summed E-state index contributed by atoms with van der Waals surface area (Å²) in [5, 5.41) is 15.4. The van der Waals surface area contributed by atoms with Crippen LogP contribution in [0.15, 0.2) is 0 Å². The van der Waals surface area contributed by atoms with Crippen molar-refractivity contribution in [2.24, 2.45) is 5.73 Å². The molecule has 0 aliphatic rings. The summed E-state index contributed by atoms with van der Waals surface area (Å²) in [6, 6.07) is 0. The highest BCUT2D eigenvalue weighted by Gasteiger charge is 2.06. The minimum absolute atomic E-state index is 0.280. The fourth-order valence-electron chi connectivity index (χ4n) is 6.05. The van der Waals surface area contributed by atoms with Gasteiger partial charge in [-0.2, -0.15) is 0 Å². The third-order valence-corrected chi connectivity index (χ3v) is 8.90. The molecule has 44 heavy (non-hydrogen) atoms. The maximum absolute atomic E-state index is 9.00. The van der Waals surface area contributed by atoms with Gasteiger partial charge in [0.15, 0.2) is 5.96 Å². The molecule has 0 radical (unpaired) electrons. The molecule has 5 nitrogen and oxygen atoms in total. The highest BCUT2D eigenvalue weighted by molar-refractivity contribution is 5.74. The van der Waals surface area contributed by atoms with Crippen LogP contribution < -0.4 is 5.73 Å². The highest BCUT2D eigenvalue weighted by atomic mass is 16.4. The standard InChI is InChI=1S/C37H77N3.C2H4O2/c1-3-5-7-9-11-13-15-17-19-21-23-25-27-29-31-33-35-40(37(38)39)36-34-32-30-28-26-24-22-20-18-16-14-12-10-8-6-4-2;1-2(3)4/h3-36H2,1-2H3,(H3,38,39);1H3,(H,3,4). The van der Waals surface area contributed by atoms with E-state index in [-0.39, 0.29) is 5.96 Å². The molecule has 0 amide bonds. The largest absolute Gasteiger partial charge is 0.481 e. The van der Waals surface area contributed by atoms with Crippen molar-refractivity contribution in [3.05, 3.63) is 0 Å². The average molecular weight is 624 g/mol. The molecule has 264 valence electrons. The lowest BCUT2D eigenvalue weighted by Crippen LogP contribution is -2.37. The molecule has 0 saturated heterocycles. The molecule has 5 heteroatoms. The van der Waals surface area contributed by atoms with Crippen molar-refractivity contribution in [1.29, 1.82) is 5.41 Å². The van der Waals surface area contributed by atoms with E-state index in [4.69, 9.17) is 21.0 Å². The number of hydrogen-bond acceptors (Lipinski definition) is 2. The molecule has 0 aromatic heterocycles. The number of carbonyl (C=O) groups is 1. The van der Waals surface area contributed by atoms with E-state index in [0.717, 1.165) is 20.0 Å². The maximum atomic E-state index is 9.00. The second kappa shape index (κ2) is 39.8. The first-order valence-corrected chi connectivity index (χ1v) is 19.7. The molecule has 0 fully saturated rings. The molecule has 0 unspecified atom stereocenters. The summed E-state index contributed by atoms with van der Waals surface area (Å²) in [4.78, 5) is 11.1. The Hall–Kier alpha value is -1.26. The molecule has 0 heterocycles. The van der Waals surface area contributed by atoms with Gasteiger partial charge >= 0.3 is 0 Å². The smallest absolute Gasteiger partial charge is 0.300 e. The quantitative estimate of drug-likeness (QED) is 0.0378. The number of guanidine groups is 1. The van der Waals surface area contributed by atoms with E-state index in [1.165, 1.54) is 205 Å². The van der Waals surface area contributed by atoms with Gasteiger partial charge in [0.25, 0.3) is 5.97 Å². The molecule has 0 aromatic carbocycles. The molecule has 0 bridgehead atoms. The van der Waals surface area contributed by atoms with E-state index >= 15 is 0 Å². The summed E-state index contributed by atoms with van der Waals surface area (Å²) >= 11 is 0. The van der Waals surface area contributed by atoms with Gasteiger partial charge in [0.1, 0.15) is 0 Å². The van der Waals surface area contributed by atoms with Crippen molar-refractivity contribution >= 4 is 11.9 Å². The topological polar surface area (TPSA) is 90.4 Å². The second-order valence-corrected chi connectivity index (χ2v) is 13.5. The Kier molecular flexibility index (Phi) is 40.5. The number of unbranched alkanes of at least 4 members (excludes halogenated alkanes) is 30. The lowest BCUT2D eigenvalue weighted by Gasteiger charge is -2.22. The number of carboxylic acids is 1. The number of nitrogens with zero attached hydrogens (tertiary/aromatic N) is 1. The Morgan fingerprint density at radius 1 is 0.455 bits per heavy atom. The van der Waals surface area contributed by atoms with Crippen molar-refractivity contribution in [2.45, 2.75) is 226 Å². The Morgan fingerprint density at radius 2 is 0.614 bits per heavy atom. The zero-order valence-corrected chi connectivity index (χ0v) is 30.4. The Bertz CT molecular complexity index is 530. The van der Waals surface area contributed by atoms with Crippen LogP contribution in [-0.2, 0) is 4.79 Å². The third kappa shape index (κ3) is 42.9. The van der Waals surface area contributed by atoms with Crippen LogP contribution in [0.3, 0.4) is 0 Å². The lowest BCUT2D eigenvalue weighted by atomic mass is 10.0. The summed E-state index contributed by atoms with van der Waals surface area (Å²) in [7, 11) is 0. The molecule has 4 N–H and O–H groups in total. The zero-order chi connectivity index (χ0) is 32.8. The summed E-state index contributed by atoms with van der Waals surface area (Å²) in [6.07, 6.45) is 44.9. The normalized spacial score (nSPS) is 10.9. The van der Waals surface area contributed by atoms with Crippen LogP contribution in [0, 0.1) is 5.41 Å². The molecule has 0 aliphatic carbocycles. The molecule has 0 aromatic rings. The number of nitrogens with two attached hydrogens (primary N) is 1. The Morgan fingerprint density at radius 3 is 0.773 bits per heavy atom.